The van der Waals surface area contributed by atoms with E-state index in [1.54, 1.807) is 29.3 Å². The lowest BCUT2D eigenvalue weighted by atomic mass is 10.1. The molecule has 1 saturated heterocycles. The van der Waals surface area contributed by atoms with Gasteiger partial charge < -0.3 is 9.32 Å². The molecule has 3 aromatic rings. The highest BCUT2D eigenvalue weighted by Crippen LogP contribution is 2.33. The monoisotopic (exact) mass is 352 g/mol. The third kappa shape index (κ3) is 3.33. The largest absolute Gasteiger partial charge is 0.443 e. The zero-order chi connectivity index (χ0) is 17.9. The topological polar surface area (TPSA) is 72.1 Å². The van der Waals surface area contributed by atoms with Crippen LogP contribution in [0.25, 0.3) is 0 Å². The van der Waals surface area contributed by atoms with Crippen LogP contribution < -0.4 is 0 Å². The molecule has 7 heteroatoms. The van der Waals surface area contributed by atoms with Gasteiger partial charge in [-0.15, -0.1) is 0 Å². The van der Waals surface area contributed by atoms with Crippen molar-refractivity contribution < 1.29 is 13.6 Å². The number of aromatic nitrogens is 3. The summed E-state index contributed by atoms with van der Waals surface area (Å²) >= 11 is 0. The van der Waals surface area contributed by atoms with E-state index in [9.17, 15) is 9.18 Å². The predicted molar refractivity (Wildman–Crippen MR) is 90.8 cm³/mol. The molecule has 0 spiro atoms. The van der Waals surface area contributed by atoms with Crippen LogP contribution in [-0.4, -0.2) is 32.5 Å². The van der Waals surface area contributed by atoms with Gasteiger partial charge in [0.25, 0.3) is 5.91 Å². The summed E-state index contributed by atoms with van der Waals surface area (Å²) < 4.78 is 18.9. The zero-order valence-electron chi connectivity index (χ0n) is 14.0. The maximum atomic E-state index is 13.0. The maximum Gasteiger partial charge on any atom is 0.256 e. The normalized spacial score (nSPS) is 16.8. The average Bonchev–Trinajstić information content (AvgIpc) is 3.33. The first-order valence-electron chi connectivity index (χ1n) is 8.47. The number of hydrogen-bond donors (Lipinski definition) is 0. The number of hydrogen-bond acceptors (Lipinski definition) is 5. The third-order valence-electron chi connectivity index (χ3n) is 4.49. The van der Waals surface area contributed by atoms with Gasteiger partial charge in [0.1, 0.15) is 17.6 Å². The summed E-state index contributed by atoms with van der Waals surface area (Å²) in [4.78, 5) is 18.9. The fourth-order valence-electron chi connectivity index (χ4n) is 3.21. The van der Waals surface area contributed by atoms with E-state index in [0.29, 0.717) is 30.2 Å². The van der Waals surface area contributed by atoms with E-state index in [4.69, 9.17) is 4.42 Å². The van der Waals surface area contributed by atoms with Gasteiger partial charge in [-0.05, 0) is 36.6 Å². The van der Waals surface area contributed by atoms with E-state index < -0.39 is 0 Å². The molecule has 132 valence electrons. The molecule has 1 fully saturated rings. The Balaban J connectivity index is 1.51. The van der Waals surface area contributed by atoms with Crippen molar-refractivity contribution in [3.05, 3.63) is 77.5 Å². The lowest BCUT2D eigenvalue weighted by Crippen LogP contribution is -2.30. The van der Waals surface area contributed by atoms with Crippen molar-refractivity contribution in [1.82, 2.24) is 20.1 Å². The first-order chi connectivity index (χ1) is 12.7. The smallest absolute Gasteiger partial charge is 0.256 e. The van der Waals surface area contributed by atoms with E-state index in [1.807, 2.05) is 0 Å². The van der Waals surface area contributed by atoms with Gasteiger partial charge >= 0.3 is 0 Å². The van der Waals surface area contributed by atoms with Crippen LogP contribution in [0, 0.1) is 5.82 Å². The molecule has 0 N–H and O–H groups in total. The van der Waals surface area contributed by atoms with Gasteiger partial charge in [0.2, 0.25) is 5.89 Å². The molecule has 1 amide bonds. The predicted octanol–water partition coefficient (Wildman–Crippen LogP) is 3.17. The number of benzene rings is 1. The second-order valence-corrected chi connectivity index (χ2v) is 6.26. The molecular formula is C19H17FN4O2. The van der Waals surface area contributed by atoms with Crippen LogP contribution in [0.15, 0.2) is 53.3 Å². The lowest BCUT2D eigenvalue weighted by Gasteiger charge is -2.22. The highest BCUT2D eigenvalue weighted by molar-refractivity contribution is 5.94. The fraction of sp³-hybridized carbons (Fsp3) is 0.263. The van der Waals surface area contributed by atoms with Gasteiger partial charge in [-0.1, -0.05) is 12.1 Å². The molecule has 1 aliphatic heterocycles. The second-order valence-electron chi connectivity index (χ2n) is 6.26. The Morgan fingerprint density at radius 2 is 2.04 bits per heavy atom. The van der Waals surface area contributed by atoms with Crippen molar-refractivity contribution in [1.29, 1.82) is 0 Å². The van der Waals surface area contributed by atoms with Gasteiger partial charge in [-0.25, -0.2) is 9.37 Å². The summed E-state index contributed by atoms with van der Waals surface area (Å²) in [7, 11) is 0. The van der Waals surface area contributed by atoms with Crippen LogP contribution in [0.2, 0.25) is 0 Å². The minimum atomic E-state index is -0.266. The first kappa shape index (κ1) is 16.4. The van der Waals surface area contributed by atoms with Gasteiger partial charge in [-0.3, -0.25) is 4.79 Å². The number of carbonyl (C=O) groups is 1. The van der Waals surface area contributed by atoms with Crippen LogP contribution in [-0.2, 0) is 6.42 Å². The van der Waals surface area contributed by atoms with E-state index >= 15 is 0 Å². The summed E-state index contributed by atoms with van der Waals surface area (Å²) in [6, 6.07) is 7.76. The van der Waals surface area contributed by atoms with E-state index in [-0.39, 0.29) is 17.8 Å². The Morgan fingerprint density at radius 3 is 2.81 bits per heavy atom. The van der Waals surface area contributed by atoms with Gasteiger partial charge in [-0.2, -0.15) is 10.2 Å². The first-order valence-corrected chi connectivity index (χ1v) is 8.47. The Kier molecular flexibility index (Phi) is 4.43. The van der Waals surface area contributed by atoms with Crippen molar-refractivity contribution in [2.45, 2.75) is 25.3 Å². The molecule has 0 bridgehead atoms. The summed E-state index contributed by atoms with van der Waals surface area (Å²) in [5.74, 6) is 0.866. The number of halogens is 1. The standard InChI is InChI=1S/C19H17FN4O2/c20-15-5-3-13(4-6-15)10-16-12-21-18(26-16)17-2-1-9-24(17)19(25)14-7-8-22-23-11-14/h3-8,11-12,17H,1-2,9-10H2. The molecule has 4 rings (SSSR count). The molecule has 0 saturated carbocycles. The van der Waals surface area contributed by atoms with E-state index in [1.165, 1.54) is 24.5 Å². The number of oxazole rings is 1. The number of carbonyl (C=O) groups excluding carboxylic acids is 1. The molecule has 2 aromatic heterocycles. The minimum absolute atomic E-state index is 0.0966. The summed E-state index contributed by atoms with van der Waals surface area (Å²) in [6.45, 7) is 0.654. The maximum absolute atomic E-state index is 13.0. The van der Waals surface area contributed by atoms with Gasteiger partial charge in [0, 0.05) is 13.0 Å². The van der Waals surface area contributed by atoms with Crippen LogP contribution in [0.5, 0.6) is 0 Å². The molecule has 0 radical (unpaired) electrons. The molecule has 1 aliphatic rings. The minimum Gasteiger partial charge on any atom is -0.443 e. The number of nitrogens with zero attached hydrogens (tertiary/aromatic N) is 4. The SMILES string of the molecule is O=C(c1ccnnc1)N1CCCC1c1ncc(Cc2ccc(F)cc2)o1. The summed E-state index contributed by atoms with van der Waals surface area (Å²) in [5, 5.41) is 7.47. The summed E-state index contributed by atoms with van der Waals surface area (Å²) in [6.07, 6.45) is 6.87. The van der Waals surface area contributed by atoms with Crippen molar-refractivity contribution in [2.75, 3.05) is 6.54 Å². The van der Waals surface area contributed by atoms with Crippen molar-refractivity contribution in [3.63, 3.8) is 0 Å². The quantitative estimate of drug-likeness (QED) is 0.721. The molecule has 26 heavy (non-hydrogen) atoms. The Bertz CT molecular complexity index is 895. The second kappa shape index (κ2) is 7.03. The van der Waals surface area contributed by atoms with E-state index in [0.717, 1.165) is 18.4 Å². The molecule has 6 nitrogen and oxygen atoms in total. The van der Waals surface area contributed by atoms with Crippen molar-refractivity contribution in [2.24, 2.45) is 0 Å². The molecule has 1 unspecified atom stereocenters. The number of rotatable bonds is 4. The lowest BCUT2D eigenvalue weighted by molar-refractivity contribution is 0.0714. The fourth-order valence-corrected chi connectivity index (χ4v) is 3.21. The molecule has 1 aromatic carbocycles. The Hall–Kier alpha value is -3.09. The molecule has 0 aliphatic carbocycles. The average molecular weight is 352 g/mol. The van der Waals surface area contributed by atoms with Crippen LogP contribution in [0.3, 0.4) is 0 Å². The van der Waals surface area contributed by atoms with E-state index in [2.05, 4.69) is 15.2 Å². The van der Waals surface area contributed by atoms with Crippen LogP contribution >= 0.6 is 0 Å². The van der Waals surface area contributed by atoms with Gasteiger partial charge in [0.05, 0.1) is 24.2 Å². The number of amides is 1. The van der Waals surface area contributed by atoms with Crippen molar-refractivity contribution in [3.8, 4) is 0 Å². The highest BCUT2D eigenvalue weighted by atomic mass is 19.1. The molecule has 1 atom stereocenters. The van der Waals surface area contributed by atoms with Crippen molar-refractivity contribution >= 4 is 5.91 Å². The van der Waals surface area contributed by atoms with Gasteiger partial charge in [0.15, 0.2) is 0 Å². The summed E-state index contributed by atoms with van der Waals surface area (Å²) in [5.41, 5.74) is 1.45. The third-order valence-corrected chi connectivity index (χ3v) is 4.49. The highest BCUT2D eigenvalue weighted by Gasteiger charge is 2.33. The number of likely N-dealkylation sites (tertiary alicyclic amines) is 1. The Labute approximate surface area is 149 Å². The Morgan fingerprint density at radius 1 is 1.19 bits per heavy atom. The zero-order valence-corrected chi connectivity index (χ0v) is 14.0. The molecular weight excluding hydrogens is 335 g/mol. The van der Waals surface area contributed by atoms with Crippen LogP contribution in [0.4, 0.5) is 4.39 Å². The molecule has 3 heterocycles. The van der Waals surface area contributed by atoms with Crippen LogP contribution in [0.1, 0.15) is 46.5 Å².